The fraction of sp³-hybridized carbons (Fsp3) is 0.412. The van der Waals surface area contributed by atoms with Crippen molar-refractivity contribution in [1.82, 2.24) is 24.7 Å². The standard InChI is InChI=1S/C17H18N6O/c18-6-4-14(12-2-1-3-15(12)24)23-9-11(8-22-23)16-13-5-7-19-17(13)21-10-20-16/h5,7-10,12,14-15,24H,1-4H2,(H,19,20,21)/t12-,14?,15-/m1/s1. The molecule has 0 spiro atoms. The highest BCUT2D eigenvalue weighted by Crippen LogP contribution is 2.37. The summed E-state index contributed by atoms with van der Waals surface area (Å²) in [6, 6.07) is 4.07. The molecule has 1 aliphatic carbocycles. The molecule has 3 aromatic heterocycles. The Balaban J connectivity index is 1.70. The van der Waals surface area contributed by atoms with Crippen LogP contribution in [0.15, 0.2) is 31.0 Å². The lowest BCUT2D eigenvalue weighted by Gasteiger charge is -2.24. The van der Waals surface area contributed by atoms with Crippen LogP contribution in [0.1, 0.15) is 31.7 Å². The fourth-order valence-corrected chi connectivity index (χ4v) is 3.70. The van der Waals surface area contributed by atoms with E-state index >= 15 is 0 Å². The molecule has 2 N–H and O–H groups in total. The second-order valence-electron chi connectivity index (χ2n) is 6.26. The van der Waals surface area contributed by atoms with E-state index < -0.39 is 0 Å². The van der Waals surface area contributed by atoms with Crippen LogP contribution in [0, 0.1) is 17.2 Å². The first-order chi connectivity index (χ1) is 11.8. The minimum atomic E-state index is -0.355. The van der Waals surface area contributed by atoms with Gasteiger partial charge >= 0.3 is 0 Å². The summed E-state index contributed by atoms with van der Waals surface area (Å²) in [4.78, 5) is 11.7. The minimum Gasteiger partial charge on any atom is -0.393 e. The van der Waals surface area contributed by atoms with Crippen molar-refractivity contribution in [3.8, 4) is 17.3 Å². The van der Waals surface area contributed by atoms with Gasteiger partial charge in [-0.2, -0.15) is 10.4 Å². The lowest BCUT2D eigenvalue weighted by Crippen LogP contribution is -2.26. The molecule has 0 aliphatic heterocycles. The van der Waals surface area contributed by atoms with Crippen molar-refractivity contribution in [3.63, 3.8) is 0 Å². The van der Waals surface area contributed by atoms with E-state index in [2.05, 4.69) is 26.1 Å². The smallest absolute Gasteiger partial charge is 0.141 e. The van der Waals surface area contributed by atoms with E-state index in [1.807, 2.05) is 23.1 Å². The van der Waals surface area contributed by atoms with Crippen molar-refractivity contribution in [2.24, 2.45) is 5.92 Å². The number of fused-ring (bicyclic) bond motifs is 1. The summed E-state index contributed by atoms with van der Waals surface area (Å²) >= 11 is 0. The van der Waals surface area contributed by atoms with Crippen molar-refractivity contribution in [2.75, 3.05) is 0 Å². The second kappa shape index (κ2) is 6.06. The highest BCUT2D eigenvalue weighted by atomic mass is 16.3. The largest absolute Gasteiger partial charge is 0.393 e. The molecule has 0 saturated heterocycles. The summed E-state index contributed by atoms with van der Waals surface area (Å²) in [7, 11) is 0. The number of aromatic amines is 1. The van der Waals surface area contributed by atoms with Crippen LogP contribution in [-0.2, 0) is 0 Å². The third kappa shape index (κ3) is 2.45. The number of nitrogens with zero attached hydrogens (tertiary/aromatic N) is 5. The Morgan fingerprint density at radius 1 is 1.42 bits per heavy atom. The maximum Gasteiger partial charge on any atom is 0.141 e. The van der Waals surface area contributed by atoms with Crippen molar-refractivity contribution < 1.29 is 5.11 Å². The topological polar surface area (TPSA) is 103 Å². The van der Waals surface area contributed by atoms with Crippen LogP contribution in [0.4, 0.5) is 0 Å². The Bertz CT molecular complexity index is 892. The molecular formula is C17H18N6O. The summed E-state index contributed by atoms with van der Waals surface area (Å²) < 4.78 is 1.82. The van der Waals surface area contributed by atoms with Crippen molar-refractivity contribution >= 4 is 11.0 Å². The maximum atomic E-state index is 10.2. The Morgan fingerprint density at radius 2 is 2.33 bits per heavy atom. The summed E-state index contributed by atoms with van der Waals surface area (Å²) in [5.74, 6) is 0.0788. The molecular weight excluding hydrogens is 304 g/mol. The third-order valence-electron chi connectivity index (χ3n) is 4.89. The fourth-order valence-electron chi connectivity index (χ4n) is 3.70. The van der Waals surface area contributed by atoms with Crippen molar-refractivity contribution in [3.05, 3.63) is 31.0 Å². The molecule has 7 heteroatoms. The zero-order valence-electron chi connectivity index (χ0n) is 13.1. The molecule has 0 amide bonds. The Hall–Kier alpha value is -2.72. The number of aliphatic hydroxyl groups excluding tert-OH is 1. The van der Waals surface area contributed by atoms with Crippen LogP contribution < -0.4 is 0 Å². The van der Waals surface area contributed by atoms with E-state index in [-0.39, 0.29) is 18.1 Å². The van der Waals surface area contributed by atoms with Crippen LogP contribution in [0.2, 0.25) is 0 Å². The van der Waals surface area contributed by atoms with Gasteiger partial charge in [-0.1, -0.05) is 6.42 Å². The van der Waals surface area contributed by atoms with Gasteiger partial charge in [0.05, 0.1) is 36.5 Å². The normalized spacial score (nSPS) is 21.8. The number of H-pyrrole nitrogens is 1. The van der Waals surface area contributed by atoms with Crippen LogP contribution in [-0.4, -0.2) is 35.9 Å². The van der Waals surface area contributed by atoms with Crippen LogP contribution in [0.5, 0.6) is 0 Å². The molecule has 1 unspecified atom stereocenters. The molecule has 3 atom stereocenters. The van der Waals surface area contributed by atoms with Crippen LogP contribution in [0.25, 0.3) is 22.3 Å². The van der Waals surface area contributed by atoms with Gasteiger partial charge < -0.3 is 10.1 Å². The zero-order valence-corrected chi connectivity index (χ0v) is 13.1. The van der Waals surface area contributed by atoms with E-state index in [1.54, 1.807) is 6.20 Å². The van der Waals surface area contributed by atoms with Crippen LogP contribution >= 0.6 is 0 Å². The molecule has 1 saturated carbocycles. The van der Waals surface area contributed by atoms with Gasteiger partial charge in [0.1, 0.15) is 12.0 Å². The van der Waals surface area contributed by atoms with Gasteiger partial charge in [-0.25, -0.2) is 9.97 Å². The number of hydrogen-bond acceptors (Lipinski definition) is 5. The quantitative estimate of drug-likeness (QED) is 0.768. The first-order valence-corrected chi connectivity index (χ1v) is 8.15. The molecule has 3 aromatic rings. The summed E-state index contributed by atoms with van der Waals surface area (Å²) in [6.07, 6.45) is 9.76. The summed E-state index contributed by atoms with van der Waals surface area (Å²) in [6.45, 7) is 0. The molecule has 24 heavy (non-hydrogen) atoms. The Morgan fingerprint density at radius 3 is 3.12 bits per heavy atom. The SMILES string of the molecule is N#CCC([C@H]1CCC[C@H]1O)n1cc(-c2ncnc3[nH]ccc23)cn1. The van der Waals surface area contributed by atoms with Gasteiger partial charge in [0.15, 0.2) is 0 Å². The first-order valence-electron chi connectivity index (χ1n) is 8.15. The van der Waals surface area contributed by atoms with Gasteiger partial charge in [0, 0.05) is 29.3 Å². The molecule has 1 aliphatic rings. The van der Waals surface area contributed by atoms with Crippen molar-refractivity contribution in [2.45, 2.75) is 37.8 Å². The van der Waals surface area contributed by atoms with E-state index in [0.29, 0.717) is 6.42 Å². The van der Waals surface area contributed by atoms with Gasteiger partial charge in [-0.15, -0.1) is 0 Å². The average Bonchev–Trinajstić information content (AvgIpc) is 3.32. The average molecular weight is 322 g/mol. The molecule has 4 rings (SSSR count). The highest BCUT2D eigenvalue weighted by molar-refractivity contribution is 5.89. The lowest BCUT2D eigenvalue weighted by molar-refractivity contribution is 0.0977. The molecule has 0 bridgehead atoms. The summed E-state index contributed by atoms with van der Waals surface area (Å²) in [5.41, 5.74) is 2.49. The maximum absolute atomic E-state index is 10.2. The highest BCUT2D eigenvalue weighted by Gasteiger charge is 2.34. The lowest BCUT2D eigenvalue weighted by atomic mass is 9.94. The number of aromatic nitrogens is 5. The monoisotopic (exact) mass is 322 g/mol. The van der Waals surface area contributed by atoms with Crippen molar-refractivity contribution in [1.29, 1.82) is 5.26 Å². The predicted molar refractivity (Wildman–Crippen MR) is 87.7 cm³/mol. The van der Waals surface area contributed by atoms with E-state index in [1.165, 1.54) is 6.33 Å². The Kier molecular flexibility index (Phi) is 3.75. The molecule has 1 fully saturated rings. The van der Waals surface area contributed by atoms with Gasteiger partial charge in [-0.3, -0.25) is 4.68 Å². The van der Waals surface area contributed by atoms with Crippen LogP contribution in [0.3, 0.4) is 0 Å². The number of aliphatic hydroxyl groups is 1. The van der Waals surface area contributed by atoms with Gasteiger partial charge in [0.25, 0.3) is 0 Å². The van der Waals surface area contributed by atoms with Gasteiger partial charge in [-0.05, 0) is 18.9 Å². The molecule has 3 heterocycles. The minimum absolute atomic E-state index is 0.0788. The summed E-state index contributed by atoms with van der Waals surface area (Å²) in [5, 5.41) is 24.8. The number of hydrogen-bond donors (Lipinski definition) is 2. The Labute approximate surface area is 139 Å². The predicted octanol–water partition coefficient (Wildman–Crippen LogP) is 2.44. The number of nitriles is 1. The molecule has 0 aromatic carbocycles. The van der Waals surface area contributed by atoms with E-state index in [4.69, 9.17) is 0 Å². The molecule has 7 nitrogen and oxygen atoms in total. The second-order valence-corrected chi connectivity index (χ2v) is 6.26. The number of rotatable bonds is 4. The first kappa shape index (κ1) is 14.8. The zero-order chi connectivity index (χ0) is 16.5. The number of nitrogens with one attached hydrogen (secondary N) is 1. The molecule has 122 valence electrons. The molecule has 0 radical (unpaired) electrons. The third-order valence-corrected chi connectivity index (χ3v) is 4.89. The van der Waals surface area contributed by atoms with E-state index in [9.17, 15) is 10.4 Å². The van der Waals surface area contributed by atoms with E-state index in [0.717, 1.165) is 41.6 Å². The van der Waals surface area contributed by atoms with Gasteiger partial charge in [0.2, 0.25) is 0 Å².